The Bertz CT molecular complexity index is 394. The van der Waals surface area contributed by atoms with E-state index in [2.05, 4.69) is 6.92 Å². The molecular weight excluding hydrogens is 234 g/mol. The molecule has 1 aliphatic carbocycles. The first kappa shape index (κ1) is 12.7. The predicted octanol–water partition coefficient (Wildman–Crippen LogP) is 3.78. The van der Waals surface area contributed by atoms with Crippen molar-refractivity contribution in [3.8, 4) is 5.75 Å². The van der Waals surface area contributed by atoms with E-state index in [1.54, 1.807) is 7.11 Å². The zero-order chi connectivity index (χ0) is 12.4. The Labute approximate surface area is 108 Å². The lowest BCUT2D eigenvalue weighted by Crippen LogP contribution is -2.23. The number of nitrogens with two attached hydrogens (primary N) is 1. The van der Waals surface area contributed by atoms with Crippen molar-refractivity contribution in [2.24, 2.45) is 17.6 Å². The summed E-state index contributed by atoms with van der Waals surface area (Å²) in [4.78, 5) is 0. The third-order valence-corrected chi connectivity index (χ3v) is 4.25. The first-order chi connectivity index (χ1) is 8.13. The van der Waals surface area contributed by atoms with Crippen molar-refractivity contribution in [1.29, 1.82) is 0 Å². The average molecular weight is 254 g/mol. The van der Waals surface area contributed by atoms with Crippen molar-refractivity contribution in [1.82, 2.24) is 0 Å². The monoisotopic (exact) mass is 253 g/mol. The summed E-state index contributed by atoms with van der Waals surface area (Å²) < 4.78 is 5.15. The molecule has 1 aliphatic rings. The molecule has 0 heterocycles. The molecule has 0 amide bonds. The van der Waals surface area contributed by atoms with Crippen LogP contribution in [0.15, 0.2) is 18.2 Å². The Kier molecular flexibility index (Phi) is 3.95. The van der Waals surface area contributed by atoms with Gasteiger partial charge >= 0.3 is 0 Å². The highest BCUT2D eigenvalue weighted by atomic mass is 35.5. The topological polar surface area (TPSA) is 35.2 Å². The van der Waals surface area contributed by atoms with Crippen molar-refractivity contribution < 1.29 is 4.74 Å². The van der Waals surface area contributed by atoms with Crippen LogP contribution >= 0.6 is 11.6 Å². The summed E-state index contributed by atoms with van der Waals surface area (Å²) in [5.41, 5.74) is 7.47. The number of benzene rings is 1. The first-order valence-corrected chi connectivity index (χ1v) is 6.60. The smallest absolute Gasteiger partial charge is 0.137 e. The van der Waals surface area contributed by atoms with E-state index in [4.69, 9.17) is 22.1 Å². The molecule has 3 atom stereocenters. The van der Waals surface area contributed by atoms with Gasteiger partial charge < -0.3 is 10.5 Å². The summed E-state index contributed by atoms with van der Waals surface area (Å²) in [6, 6.07) is 5.96. The minimum Gasteiger partial charge on any atom is -0.495 e. The fourth-order valence-corrected chi connectivity index (χ4v) is 3.11. The maximum Gasteiger partial charge on any atom is 0.137 e. The molecule has 0 aliphatic heterocycles. The molecule has 1 aromatic carbocycles. The summed E-state index contributed by atoms with van der Waals surface area (Å²) in [6.07, 6.45) is 3.82. The molecule has 0 radical (unpaired) electrons. The molecule has 3 heteroatoms. The summed E-state index contributed by atoms with van der Waals surface area (Å²) in [7, 11) is 1.62. The van der Waals surface area contributed by atoms with Gasteiger partial charge in [-0.2, -0.15) is 0 Å². The van der Waals surface area contributed by atoms with Crippen LogP contribution in [0.3, 0.4) is 0 Å². The lowest BCUT2D eigenvalue weighted by atomic mass is 9.86. The zero-order valence-electron chi connectivity index (χ0n) is 10.4. The van der Waals surface area contributed by atoms with Crippen LogP contribution in [0.5, 0.6) is 5.75 Å². The third kappa shape index (κ3) is 2.58. The number of rotatable bonds is 3. The van der Waals surface area contributed by atoms with E-state index in [9.17, 15) is 0 Å². The van der Waals surface area contributed by atoms with Crippen LogP contribution in [0, 0.1) is 11.8 Å². The van der Waals surface area contributed by atoms with Gasteiger partial charge in [-0.15, -0.1) is 0 Å². The number of ether oxygens (including phenoxy) is 1. The van der Waals surface area contributed by atoms with E-state index >= 15 is 0 Å². The number of halogens is 1. The Morgan fingerprint density at radius 3 is 2.71 bits per heavy atom. The molecule has 2 N–H and O–H groups in total. The molecule has 1 aromatic rings. The fourth-order valence-electron chi connectivity index (χ4n) is 2.84. The SMILES string of the molecule is COc1ccc(C(N)C2CCCC2C)cc1Cl. The minimum atomic E-state index is 0.0934. The second-order valence-electron chi connectivity index (χ2n) is 4.99. The second-order valence-corrected chi connectivity index (χ2v) is 5.40. The van der Waals surface area contributed by atoms with Gasteiger partial charge in [0.25, 0.3) is 0 Å². The van der Waals surface area contributed by atoms with Gasteiger partial charge in [-0.1, -0.05) is 37.4 Å². The van der Waals surface area contributed by atoms with E-state index in [0.29, 0.717) is 22.6 Å². The maximum absolute atomic E-state index is 6.35. The van der Waals surface area contributed by atoms with Gasteiger partial charge in [0.05, 0.1) is 12.1 Å². The van der Waals surface area contributed by atoms with Gasteiger partial charge in [0.15, 0.2) is 0 Å². The van der Waals surface area contributed by atoms with Gasteiger partial charge in [-0.3, -0.25) is 0 Å². The second kappa shape index (κ2) is 5.28. The first-order valence-electron chi connectivity index (χ1n) is 6.22. The molecular formula is C14H20ClNO. The molecule has 3 unspecified atom stereocenters. The largest absolute Gasteiger partial charge is 0.495 e. The van der Waals surface area contributed by atoms with Crippen molar-refractivity contribution in [2.45, 2.75) is 32.2 Å². The van der Waals surface area contributed by atoms with E-state index < -0.39 is 0 Å². The lowest BCUT2D eigenvalue weighted by Gasteiger charge is -2.24. The van der Waals surface area contributed by atoms with E-state index in [0.717, 1.165) is 5.56 Å². The summed E-state index contributed by atoms with van der Waals surface area (Å²) in [5, 5.41) is 0.645. The summed E-state index contributed by atoms with van der Waals surface area (Å²) in [5.74, 6) is 2.01. The van der Waals surface area contributed by atoms with Crippen molar-refractivity contribution in [3.63, 3.8) is 0 Å². The molecule has 0 bridgehead atoms. The van der Waals surface area contributed by atoms with Crippen molar-refractivity contribution in [3.05, 3.63) is 28.8 Å². The minimum absolute atomic E-state index is 0.0934. The summed E-state index contributed by atoms with van der Waals surface area (Å²) >= 11 is 6.14. The third-order valence-electron chi connectivity index (χ3n) is 3.95. The highest BCUT2D eigenvalue weighted by molar-refractivity contribution is 6.32. The number of hydrogen-bond donors (Lipinski definition) is 1. The molecule has 0 saturated heterocycles. The standard InChI is InChI=1S/C14H20ClNO/c1-9-4-3-5-11(9)14(16)10-6-7-13(17-2)12(15)8-10/h6-9,11,14H,3-5,16H2,1-2H3. The van der Waals surface area contributed by atoms with Crippen LogP contribution in [-0.4, -0.2) is 7.11 Å². The maximum atomic E-state index is 6.35. The van der Waals surface area contributed by atoms with Crippen LogP contribution in [0.25, 0.3) is 0 Å². The average Bonchev–Trinajstić information content (AvgIpc) is 2.74. The molecule has 0 spiro atoms. The molecule has 1 saturated carbocycles. The molecule has 1 fully saturated rings. The highest BCUT2D eigenvalue weighted by Gasteiger charge is 2.29. The van der Waals surface area contributed by atoms with Gasteiger partial charge in [-0.05, 0) is 36.0 Å². The lowest BCUT2D eigenvalue weighted by molar-refractivity contribution is 0.350. The Hall–Kier alpha value is -0.730. The van der Waals surface area contributed by atoms with E-state index in [-0.39, 0.29) is 6.04 Å². The van der Waals surface area contributed by atoms with E-state index in [1.165, 1.54) is 19.3 Å². The van der Waals surface area contributed by atoms with E-state index in [1.807, 2.05) is 18.2 Å². The number of methoxy groups -OCH3 is 1. The molecule has 2 rings (SSSR count). The molecule has 0 aromatic heterocycles. The van der Waals surface area contributed by atoms with Crippen molar-refractivity contribution in [2.75, 3.05) is 7.11 Å². The Balaban J connectivity index is 2.19. The normalized spacial score (nSPS) is 25.9. The van der Waals surface area contributed by atoms with Crippen molar-refractivity contribution >= 4 is 11.6 Å². The summed E-state index contributed by atoms with van der Waals surface area (Å²) in [6.45, 7) is 2.29. The quantitative estimate of drug-likeness (QED) is 0.890. The number of hydrogen-bond acceptors (Lipinski definition) is 2. The van der Waals surface area contributed by atoms with Gasteiger partial charge in [-0.25, -0.2) is 0 Å². The van der Waals surface area contributed by atoms with Gasteiger partial charge in [0.2, 0.25) is 0 Å². The van der Waals surface area contributed by atoms with Crippen LogP contribution < -0.4 is 10.5 Å². The predicted molar refractivity (Wildman–Crippen MR) is 71.4 cm³/mol. The van der Waals surface area contributed by atoms with Crippen LogP contribution in [0.4, 0.5) is 0 Å². The van der Waals surface area contributed by atoms with Crippen LogP contribution in [-0.2, 0) is 0 Å². The molecule has 94 valence electrons. The molecule has 17 heavy (non-hydrogen) atoms. The molecule has 2 nitrogen and oxygen atoms in total. The highest BCUT2D eigenvalue weighted by Crippen LogP contribution is 2.40. The van der Waals surface area contributed by atoms with Gasteiger partial charge in [0, 0.05) is 6.04 Å². The van der Waals surface area contributed by atoms with Crippen LogP contribution in [0.2, 0.25) is 5.02 Å². The fraction of sp³-hybridized carbons (Fsp3) is 0.571. The van der Waals surface area contributed by atoms with Crippen LogP contribution in [0.1, 0.15) is 37.8 Å². The Morgan fingerprint density at radius 1 is 1.41 bits per heavy atom. The van der Waals surface area contributed by atoms with Gasteiger partial charge in [0.1, 0.15) is 5.75 Å². The Morgan fingerprint density at radius 2 is 2.18 bits per heavy atom. The zero-order valence-corrected chi connectivity index (χ0v) is 11.2.